The van der Waals surface area contributed by atoms with E-state index in [1.807, 2.05) is 31.2 Å². The lowest BCUT2D eigenvalue weighted by Gasteiger charge is -2.11. The van der Waals surface area contributed by atoms with Gasteiger partial charge in [-0.15, -0.1) is 0 Å². The molecule has 3 nitrogen and oxygen atoms in total. The number of hydrogen-bond acceptors (Lipinski definition) is 3. The minimum absolute atomic E-state index is 0.665. The molecule has 3 heteroatoms. The van der Waals surface area contributed by atoms with Crippen LogP contribution in [0.3, 0.4) is 0 Å². The van der Waals surface area contributed by atoms with Gasteiger partial charge in [0.25, 0.3) is 0 Å². The van der Waals surface area contributed by atoms with Crippen LogP contribution in [0.2, 0.25) is 0 Å². The zero-order chi connectivity index (χ0) is 11.5. The minimum atomic E-state index is 0.665. The molecule has 1 heterocycles. The molecule has 82 valence electrons. The summed E-state index contributed by atoms with van der Waals surface area (Å²) in [6.45, 7) is 2.03. The molecule has 2 aromatic rings. The lowest BCUT2D eigenvalue weighted by molar-refractivity contribution is 0.417. The average Bonchev–Trinajstić information content (AvgIpc) is 2.30. The molecule has 0 radical (unpaired) electrons. The van der Waals surface area contributed by atoms with Crippen LogP contribution in [0.4, 0.5) is 5.69 Å². The van der Waals surface area contributed by atoms with Gasteiger partial charge >= 0.3 is 0 Å². The number of pyridine rings is 1. The van der Waals surface area contributed by atoms with Crippen molar-refractivity contribution in [3.05, 3.63) is 42.2 Å². The summed E-state index contributed by atoms with van der Waals surface area (Å²) >= 11 is 0. The highest BCUT2D eigenvalue weighted by Crippen LogP contribution is 2.31. The fourth-order valence-electron chi connectivity index (χ4n) is 1.73. The number of nitrogen functional groups attached to an aromatic ring is 1. The summed E-state index contributed by atoms with van der Waals surface area (Å²) in [4.78, 5) is 4.00. The van der Waals surface area contributed by atoms with Crippen molar-refractivity contribution < 1.29 is 4.74 Å². The number of methoxy groups -OCH3 is 1. The number of rotatable bonds is 2. The molecular weight excluding hydrogens is 200 g/mol. The molecule has 0 amide bonds. The maximum absolute atomic E-state index is 5.84. The van der Waals surface area contributed by atoms with Crippen LogP contribution < -0.4 is 10.5 Å². The molecule has 0 spiro atoms. The quantitative estimate of drug-likeness (QED) is 0.782. The van der Waals surface area contributed by atoms with E-state index in [9.17, 15) is 0 Å². The second kappa shape index (κ2) is 4.23. The minimum Gasteiger partial charge on any atom is -0.495 e. The number of benzene rings is 1. The van der Waals surface area contributed by atoms with Crippen molar-refractivity contribution in [2.24, 2.45) is 0 Å². The Morgan fingerprint density at radius 2 is 1.88 bits per heavy atom. The number of nitrogens with zero attached hydrogens (tertiary/aromatic N) is 1. The van der Waals surface area contributed by atoms with Crippen LogP contribution in [0.5, 0.6) is 5.75 Å². The van der Waals surface area contributed by atoms with Gasteiger partial charge in [-0.25, -0.2) is 0 Å². The third-order valence-electron chi connectivity index (χ3n) is 2.57. The standard InChI is InChI=1S/C13H14N2O/c1-9-7-12(14)13(16-2)8-11(9)10-3-5-15-6-4-10/h3-8H,14H2,1-2H3. The first-order valence-electron chi connectivity index (χ1n) is 5.07. The normalized spacial score (nSPS) is 10.1. The van der Waals surface area contributed by atoms with Crippen LogP contribution in [0.1, 0.15) is 5.56 Å². The molecule has 0 aliphatic rings. The van der Waals surface area contributed by atoms with E-state index in [0.29, 0.717) is 11.4 Å². The highest BCUT2D eigenvalue weighted by molar-refractivity contribution is 5.73. The number of aryl methyl sites for hydroxylation is 1. The van der Waals surface area contributed by atoms with Crippen molar-refractivity contribution >= 4 is 5.69 Å². The van der Waals surface area contributed by atoms with Crippen LogP contribution in [-0.4, -0.2) is 12.1 Å². The van der Waals surface area contributed by atoms with E-state index in [0.717, 1.165) is 16.7 Å². The van der Waals surface area contributed by atoms with Crippen LogP contribution in [0.25, 0.3) is 11.1 Å². The molecule has 2 N–H and O–H groups in total. The molecule has 0 aliphatic carbocycles. The summed E-state index contributed by atoms with van der Waals surface area (Å²) in [5.74, 6) is 0.706. The summed E-state index contributed by atoms with van der Waals surface area (Å²) < 4.78 is 5.22. The monoisotopic (exact) mass is 214 g/mol. The van der Waals surface area contributed by atoms with Gasteiger partial charge in [0.1, 0.15) is 5.75 Å². The molecule has 0 saturated carbocycles. The molecular formula is C13H14N2O. The lowest BCUT2D eigenvalue weighted by Crippen LogP contribution is -1.95. The molecule has 0 aliphatic heterocycles. The number of aromatic nitrogens is 1. The molecule has 1 aromatic carbocycles. The summed E-state index contributed by atoms with van der Waals surface area (Å²) in [6.07, 6.45) is 3.55. The van der Waals surface area contributed by atoms with Gasteiger partial charge in [-0.05, 0) is 47.9 Å². The third-order valence-corrected chi connectivity index (χ3v) is 2.57. The summed E-state index contributed by atoms with van der Waals surface area (Å²) in [6, 6.07) is 7.82. The summed E-state index contributed by atoms with van der Waals surface area (Å²) in [7, 11) is 1.62. The van der Waals surface area contributed by atoms with E-state index >= 15 is 0 Å². The number of ether oxygens (including phenoxy) is 1. The maximum Gasteiger partial charge on any atom is 0.142 e. The van der Waals surface area contributed by atoms with Crippen molar-refractivity contribution in [1.82, 2.24) is 4.98 Å². The summed E-state index contributed by atoms with van der Waals surface area (Å²) in [5, 5.41) is 0. The Balaban J connectivity index is 2.57. The lowest BCUT2D eigenvalue weighted by atomic mass is 10.0. The molecule has 16 heavy (non-hydrogen) atoms. The Morgan fingerprint density at radius 3 is 2.50 bits per heavy atom. The Kier molecular flexibility index (Phi) is 2.77. The first kappa shape index (κ1) is 10.5. The number of nitrogens with two attached hydrogens (primary N) is 1. The number of anilines is 1. The molecule has 0 unspecified atom stereocenters. The maximum atomic E-state index is 5.84. The highest BCUT2D eigenvalue weighted by atomic mass is 16.5. The zero-order valence-corrected chi connectivity index (χ0v) is 9.40. The van der Waals surface area contributed by atoms with Crippen LogP contribution in [-0.2, 0) is 0 Å². The van der Waals surface area contributed by atoms with E-state index in [-0.39, 0.29) is 0 Å². The van der Waals surface area contributed by atoms with Crippen molar-refractivity contribution in [3.8, 4) is 16.9 Å². The largest absolute Gasteiger partial charge is 0.495 e. The van der Waals surface area contributed by atoms with Gasteiger partial charge in [-0.1, -0.05) is 0 Å². The average molecular weight is 214 g/mol. The van der Waals surface area contributed by atoms with Crippen LogP contribution >= 0.6 is 0 Å². The van der Waals surface area contributed by atoms with Gasteiger partial charge in [0.15, 0.2) is 0 Å². The Hall–Kier alpha value is -2.03. The fourth-order valence-corrected chi connectivity index (χ4v) is 1.73. The van der Waals surface area contributed by atoms with Crippen molar-refractivity contribution in [2.75, 3.05) is 12.8 Å². The van der Waals surface area contributed by atoms with Crippen molar-refractivity contribution in [1.29, 1.82) is 0 Å². The zero-order valence-electron chi connectivity index (χ0n) is 9.40. The third kappa shape index (κ3) is 1.84. The van der Waals surface area contributed by atoms with Crippen LogP contribution in [0, 0.1) is 6.92 Å². The Bertz CT molecular complexity index is 495. The predicted molar refractivity (Wildman–Crippen MR) is 65.4 cm³/mol. The van der Waals surface area contributed by atoms with Gasteiger partial charge in [0, 0.05) is 12.4 Å². The highest BCUT2D eigenvalue weighted by Gasteiger charge is 2.06. The molecule has 2 rings (SSSR count). The first-order valence-corrected chi connectivity index (χ1v) is 5.07. The topological polar surface area (TPSA) is 48.1 Å². The van der Waals surface area contributed by atoms with Crippen molar-refractivity contribution in [2.45, 2.75) is 6.92 Å². The smallest absolute Gasteiger partial charge is 0.142 e. The van der Waals surface area contributed by atoms with E-state index in [1.54, 1.807) is 19.5 Å². The van der Waals surface area contributed by atoms with E-state index in [1.165, 1.54) is 0 Å². The Morgan fingerprint density at radius 1 is 1.19 bits per heavy atom. The first-order chi connectivity index (χ1) is 7.72. The van der Waals surface area contributed by atoms with Gasteiger partial charge in [0.05, 0.1) is 12.8 Å². The number of hydrogen-bond donors (Lipinski definition) is 1. The molecule has 1 aromatic heterocycles. The predicted octanol–water partition coefficient (Wildman–Crippen LogP) is 2.65. The molecule has 0 atom stereocenters. The molecule has 0 bridgehead atoms. The van der Waals surface area contributed by atoms with Gasteiger partial charge < -0.3 is 10.5 Å². The Labute approximate surface area is 94.9 Å². The summed E-state index contributed by atoms with van der Waals surface area (Å²) in [5.41, 5.74) is 9.87. The fraction of sp³-hybridized carbons (Fsp3) is 0.154. The van der Waals surface area contributed by atoms with E-state index < -0.39 is 0 Å². The molecule has 0 saturated heterocycles. The molecule has 0 fully saturated rings. The van der Waals surface area contributed by atoms with Gasteiger partial charge in [0.2, 0.25) is 0 Å². The SMILES string of the molecule is COc1cc(-c2ccncc2)c(C)cc1N. The second-order valence-electron chi connectivity index (χ2n) is 3.64. The van der Waals surface area contributed by atoms with E-state index in [2.05, 4.69) is 4.98 Å². The van der Waals surface area contributed by atoms with E-state index in [4.69, 9.17) is 10.5 Å². The van der Waals surface area contributed by atoms with Crippen LogP contribution in [0.15, 0.2) is 36.7 Å². The van der Waals surface area contributed by atoms with Crippen molar-refractivity contribution in [3.63, 3.8) is 0 Å². The van der Waals surface area contributed by atoms with Gasteiger partial charge in [-0.2, -0.15) is 0 Å². The van der Waals surface area contributed by atoms with Gasteiger partial charge in [-0.3, -0.25) is 4.98 Å². The second-order valence-corrected chi connectivity index (χ2v) is 3.64.